The lowest BCUT2D eigenvalue weighted by Crippen LogP contribution is -2.46. The number of hydrogen-bond donors (Lipinski definition) is 3. The molecule has 1 aliphatic heterocycles. The van der Waals surface area contributed by atoms with Gasteiger partial charge in [-0.1, -0.05) is 12.1 Å². The van der Waals surface area contributed by atoms with Crippen LogP contribution >= 0.6 is 0 Å². The van der Waals surface area contributed by atoms with Crippen LogP contribution in [0.25, 0.3) is 0 Å². The molecule has 1 amide bonds. The Labute approximate surface area is 120 Å². The SMILES string of the molecule is CC1(C(=O)Nc2cccc(CCCO)c2)CCCNC1. The Morgan fingerprint density at radius 1 is 1.50 bits per heavy atom. The summed E-state index contributed by atoms with van der Waals surface area (Å²) in [6.45, 7) is 3.95. The van der Waals surface area contributed by atoms with Crippen molar-refractivity contribution in [3.8, 4) is 0 Å². The van der Waals surface area contributed by atoms with Crippen molar-refractivity contribution in [1.29, 1.82) is 0 Å². The Hall–Kier alpha value is -1.39. The Bertz CT molecular complexity index is 454. The molecule has 0 radical (unpaired) electrons. The lowest BCUT2D eigenvalue weighted by Gasteiger charge is -2.32. The number of carbonyl (C=O) groups excluding carboxylic acids is 1. The number of amides is 1. The summed E-state index contributed by atoms with van der Waals surface area (Å²) in [5, 5.41) is 15.2. The molecule has 1 fully saturated rings. The van der Waals surface area contributed by atoms with Crippen LogP contribution in [0.5, 0.6) is 0 Å². The molecule has 4 heteroatoms. The summed E-state index contributed by atoms with van der Waals surface area (Å²) in [4.78, 5) is 12.4. The summed E-state index contributed by atoms with van der Waals surface area (Å²) < 4.78 is 0. The first-order valence-electron chi connectivity index (χ1n) is 7.36. The fourth-order valence-corrected chi connectivity index (χ4v) is 2.62. The monoisotopic (exact) mass is 276 g/mol. The molecule has 1 aromatic rings. The quantitative estimate of drug-likeness (QED) is 0.770. The largest absolute Gasteiger partial charge is 0.396 e. The third-order valence-corrected chi connectivity index (χ3v) is 3.95. The molecular weight excluding hydrogens is 252 g/mol. The molecule has 0 spiro atoms. The van der Waals surface area contributed by atoms with Crippen molar-refractivity contribution >= 4 is 11.6 Å². The van der Waals surface area contributed by atoms with Gasteiger partial charge in [-0.15, -0.1) is 0 Å². The molecule has 0 saturated carbocycles. The first-order chi connectivity index (χ1) is 9.64. The number of aliphatic hydroxyl groups excluding tert-OH is 1. The number of nitrogens with one attached hydrogen (secondary N) is 2. The number of carbonyl (C=O) groups is 1. The van der Waals surface area contributed by atoms with Crippen LogP contribution in [0.3, 0.4) is 0 Å². The van der Waals surface area contributed by atoms with Crippen molar-refractivity contribution in [3.05, 3.63) is 29.8 Å². The normalized spacial score (nSPS) is 22.5. The Balaban J connectivity index is 2.00. The molecule has 1 aromatic carbocycles. The molecule has 0 aliphatic carbocycles. The number of benzene rings is 1. The fraction of sp³-hybridized carbons (Fsp3) is 0.562. The van der Waals surface area contributed by atoms with Crippen LogP contribution in [0.15, 0.2) is 24.3 Å². The second-order valence-electron chi connectivity index (χ2n) is 5.82. The first-order valence-corrected chi connectivity index (χ1v) is 7.36. The minimum atomic E-state index is -0.320. The fourth-order valence-electron chi connectivity index (χ4n) is 2.62. The average molecular weight is 276 g/mol. The van der Waals surface area contributed by atoms with Gasteiger partial charge in [-0.25, -0.2) is 0 Å². The molecule has 0 aromatic heterocycles. The average Bonchev–Trinajstić information content (AvgIpc) is 2.46. The smallest absolute Gasteiger partial charge is 0.231 e. The second kappa shape index (κ2) is 6.86. The van der Waals surface area contributed by atoms with Gasteiger partial charge in [0.05, 0.1) is 5.41 Å². The number of rotatable bonds is 5. The highest BCUT2D eigenvalue weighted by Crippen LogP contribution is 2.27. The van der Waals surface area contributed by atoms with E-state index in [9.17, 15) is 4.79 Å². The van der Waals surface area contributed by atoms with Crippen LogP contribution in [0, 0.1) is 5.41 Å². The van der Waals surface area contributed by atoms with E-state index < -0.39 is 0 Å². The summed E-state index contributed by atoms with van der Waals surface area (Å²) in [6, 6.07) is 7.88. The van der Waals surface area contributed by atoms with Gasteiger partial charge in [0.1, 0.15) is 0 Å². The Morgan fingerprint density at radius 3 is 3.05 bits per heavy atom. The highest BCUT2D eigenvalue weighted by atomic mass is 16.2. The van der Waals surface area contributed by atoms with E-state index in [-0.39, 0.29) is 17.9 Å². The van der Waals surface area contributed by atoms with Gasteiger partial charge >= 0.3 is 0 Å². The van der Waals surface area contributed by atoms with E-state index in [0.717, 1.165) is 50.0 Å². The molecule has 2 rings (SSSR count). The van der Waals surface area contributed by atoms with Crippen molar-refractivity contribution in [2.45, 2.75) is 32.6 Å². The third kappa shape index (κ3) is 3.81. The molecule has 1 unspecified atom stereocenters. The van der Waals surface area contributed by atoms with E-state index >= 15 is 0 Å². The van der Waals surface area contributed by atoms with Crippen LogP contribution < -0.4 is 10.6 Å². The molecule has 1 atom stereocenters. The maximum Gasteiger partial charge on any atom is 0.231 e. The molecule has 20 heavy (non-hydrogen) atoms. The number of aryl methyl sites for hydroxylation is 1. The summed E-state index contributed by atoms with van der Waals surface area (Å²) in [7, 11) is 0. The van der Waals surface area contributed by atoms with Gasteiger partial charge in [-0.2, -0.15) is 0 Å². The van der Waals surface area contributed by atoms with Crippen molar-refractivity contribution < 1.29 is 9.90 Å². The van der Waals surface area contributed by atoms with Crippen LogP contribution in [0.1, 0.15) is 31.7 Å². The second-order valence-corrected chi connectivity index (χ2v) is 5.82. The highest BCUT2D eigenvalue weighted by molar-refractivity contribution is 5.95. The van der Waals surface area contributed by atoms with Crippen LogP contribution in [-0.2, 0) is 11.2 Å². The number of piperidine rings is 1. The zero-order valence-electron chi connectivity index (χ0n) is 12.1. The van der Waals surface area contributed by atoms with E-state index in [1.165, 1.54) is 0 Å². The van der Waals surface area contributed by atoms with E-state index in [1.54, 1.807) is 0 Å². The topological polar surface area (TPSA) is 61.4 Å². The van der Waals surface area contributed by atoms with E-state index in [2.05, 4.69) is 10.6 Å². The van der Waals surface area contributed by atoms with E-state index in [4.69, 9.17) is 5.11 Å². The van der Waals surface area contributed by atoms with Gasteiger partial charge in [-0.05, 0) is 56.8 Å². The van der Waals surface area contributed by atoms with Crippen molar-refractivity contribution in [1.82, 2.24) is 5.32 Å². The Morgan fingerprint density at radius 2 is 2.35 bits per heavy atom. The van der Waals surface area contributed by atoms with Crippen LogP contribution in [0.2, 0.25) is 0 Å². The molecule has 3 N–H and O–H groups in total. The van der Waals surface area contributed by atoms with Crippen molar-refractivity contribution in [3.63, 3.8) is 0 Å². The van der Waals surface area contributed by atoms with Gasteiger partial charge in [0.15, 0.2) is 0 Å². The minimum absolute atomic E-state index is 0.0870. The molecule has 1 aliphatic rings. The molecule has 0 bridgehead atoms. The number of aliphatic hydroxyl groups is 1. The summed E-state index contributed by atoms with van der Waals surface area (Å²) in [5.74, 6) is 0.0870. The lowest BCUT2D eigenvalue weighted by atomic mass is 9.82. The first kappa shape index (κ1) is 15.0. The van der Waals surface area contributed by atoms with Gasteiger partial charge < -0.3 is 15.7 Å². The maximum absolute atomic E-state index is 12.4. The summed E-state index contributed by atoms with van der Waals surface area (Å²) >= 11 is 0. The zero-order chi connectivity index (χ0) is 14.4. The van der Waals surface area contributed by atoms with Crippen LogP contribution in [0.4, 0.5) is 5.69 Å². The van der Waals surface area contributed by atoms with Gasteiger partial charge in [0, 0.05) is 18.8 Å². The molecule has 1 saturated heterocycles. The van der Waals surface area contributed by atoms with E-state index in [0.29, 0.717) is 0 Å². The van der Waals surface area contributed by atoms with Gasteiger partial charge in [-0.3, -0.25) is 4.79 Å². The lowest BCUT2D eigenvalue weighted by molar-refractivity contribution is -0.125. The Kier molecular flexibility index (Phi) is 5.15. The molecule has 4 nitrogen and oxygen atoms in total. The molecule has 110 valence electrons. The van der Waals surface area contributed by atoms with Crippen LogP contribution in [-0.4, -0.2) is 30.7 Å². The van der Waals surface area contributed by atoms with Gasteiger partial charge in [0.2, 0.25) is 5.91 Å². The van der Waals surface area contributed by atoms with Crippen molar-refractivity contribution in [2.24, 2.45) is 5.41 Å². The molecule has 1 heterocycles. The highest BCUT2D eigenvalue weighted by Gasteiger charge is 2.34. The van der Waals surface area contributed by atoms with Gasteiger partial charge in [0.25, 0.3) is 0 Å². The molecular formula is C16H24N2O2. The summed E-state index contributed by atoms with van der Waals surface area (Å²) in [6.07, 6.45) is 3.55. The van der Waals surface area contributed by atoms with Crippen molar-refractivity contribution in [2.75, 3.05) is 25.0 Å². The predicted molar refractivity (Wildman–Crippen MR) is 80.7 cm³/mol. The third-order valence-electron chi connectivity index (χ3n) is 3.95. The predicted octanol–water partition coefficient (Wildman–Crippen LogP) is 1.94. The number of hydrogen-bond acceptors (Lipinski definition) is 3. The standard InChI is InChI=1S/C16H24N2O2/c1-16(8-4-9-17-12-16)15(20)18-14-7-2-5-13(11-14)6-3-10-19/h2,5,7,11,17,19H,3-4,6,8-10,12H2,1H3,(H,18,20). The number of anilines is 1. The maximum atomic E-state index is 12.4. The minimum Gasteiger partial charge on any atom is -0.396 e. The summed E-state index contributed by atoms with van der Waals surface area (Å²) in [5.41, 5.74) is 1.67. The zero-order valence-corrected chi connectivity index (χ0v) is 12.1. The van der Waals surface area contributed by atoms with E-state index in [1.807, 2.05) is 31.2 Å².